The maximum Gasteiger partial charge on any atom is 0.311 e. The van der Waals surface area contributed by atoms with Crippen molar-refractivity contribution in [3.05, 3.63) is 0 Å². The molecule has 4 nitrogen and oxygen atoms in total. The summed E-state index contributed by atoms with van der Waals surface area (Å²) in [6, 6.07) is 0. The predicted octanol–water partition coefficient (Wildman–Crippen LogP) is 2.37. The zero-order valence-electron chi connectivity index (χ0n) is 13.7. The number of hydrogen-bond acceptors (Lipinski definition) is 4. The van der Waals surface area contributed by atoms with Gasteiger partial charge in [0.2, 0.25) is 0 Å². The van der Waals surface area contributed by atoms with Crippen LogP contribution in [0.4, 0.5) is 0 Å². The fourth-order valence-corrected chi connectivity index (χ4v) is 4.46. The van der Waals surface area contributed by atoms with E-state index in [1.807, 2.05) is 20.8 Å². The second kappa shape index (κ2) is 6.25. The highest BCUT2D eigenvalue weighted by Gasteiger charge is 2.58. The molecule has 0 spiro atoms. The molecule has 0 radical (unpaired) electrons. The Balaban J connectivity index is 0.000000163. The summed E-state index contributed by atoms with van der Waals surface area (Å²) in [4.78, 5) is 10.8. The Kier molecular flexibility index (Phi) is 4.99. The first kappa shape index (κ1) is 16.8. The minimum absolute atomic E-state index is 0.134. The van der Waals surface area contributed by atoms with Crippen LogP contribution in [0.2, 0.25) is 0 Å². The van der Waals surface area contributed by atoms with Gasteiger partial charge in [-0.1, -0.05) is 13.3 Å². The lowest BCUT2D eigenvalue weighted by Crippen LogP contribution is -2.39. The normalized spacial score (nSPS) is 40.5. The van der Waals surface area contributed by atoms with E-state index in [1.54, 1.807) is 0 Å². The molecule has 21 heavy (non-hydrogen) atoms. The van der Waals surface area contributed by atoms with Gasteiger partial charge in [0.25, 0.3) is 0 Å². The SMILES string of the molecule is CCC(C)(C)C(=O)OC.OC1C(O)C2CC1C1CCCC21. The van der Waals surface area contributed by atoms with Crippen LogP contribution in [0.15, 0.2) is 0 Å². The van der Waals surface area contributed by atoms with E-state index in [9.17, 15) is 15.0 Å². The highest BCUT2D eigenvalue weighted by molar-refractivity contribution is 5.75. The highest BCUT2D eigenvalue weighted by Crippen LogP contribution is 2.58. The Morgan fingerprint density at radius 1 is 1.10 bits per heavy atom. The standard InChI is InChI=1S/C10H16O2.C7H14O2/c11-9-7-4-8(10(9)12)6-3-1-2-5(6)7;1-5-7(2,3)6(8)9-4/h5-12H,1-4H2;5H2,1-4H3. The van der Waals surface area contributed by atoms with E-state index in [0.717, 1.165) is 24.7 Å². The van der Waals surface area contributed by atoms with E-state index >= 15 is 0 Å². The fourth-order valence-electron chi connectivity index (χ4n) is 4.46. The van der Waals surface area contributed by atoms with Gasteiger partial charge in [-0.3, -0.25) is 4.79 Å². The van der Waals surface area contributed by atoms with Gasteiger partial charge < -0.3 is 14.9 Å². The van der Waals surface area contributed by atoms with Gasteiger partial charge in [-0.2, -0.15) is 0 Å². The quantitative estimate of drug-likeness (QED) is 0.768. The van der Waals surface area contributed by atoms with Crippen LogP contribution in [0.5, 0.6) is 0 Å². The molecule has 3 aliphatic carbocycles. The molecular formula is C17H30O4. The number of ether oxygens (including phenoxy) is 1. The molecule has 2 N–H and O–H groups in total. The lowest BCUT2D eigenvalue weighted by atomic mass is 9.79. The van der Waals surface area contributed by atoms with E-state index in [-0.39, 0.29) is 11.4 Å². The third-order valence-corrected chi connectivity index (χ3v) is 6.12. The third kappa shape index (κ3) is 2.98. The van der Waals surface area contributed by atoms with Crippen LogP contribution < -0.4 is 0 Å². The first-order chi connectivity index (χ1) is 9.83. The molecule has 0 aromatic rings. The predicted molar refractivity (Wildman–Crippen MR) is 80.5 cm³/mol. The Morgan fingerprint density at radius 2 is 1.57 bits per heavy atom. The molecule has 0 heterocycles. The molecule has 3 saturated carbocycles. The molecule has 0 aromatic heterocycles. The van der Waals surface area contributed by atoms with Crippen molar-refractivity contribution >= 4 is 5.97 Å². The van der Waals surface area contributed by atoms with Gasteiger partial charge in [-0.05, 0) is 63.2 Å². The van der Waals surface area contributed by atoms with Gasteiger partial charge in [0, 0.05) is 0 Å². The Morgan fingerprint density at radius 3 is 1.90 bits per heavy atom. The molecule has 3 fully saturated rings. The van der Waals surface area contributed by atoms with Crippen LogP contribution in [0.25, 0.3) is 0 Å². The van der Waals surface area contributed by atoms with Crippen molar-refractivity contribution in [1.82, 2.24) is 0 Å². The number of aliphatic hydroxyl groups is 2. The lowest BCUT2D eigenvalue weighted by molar-refractivity contribution is -0.150. The van der Waals surface area contributed by atoms with E-state index in [4.69, 9.17) is 0 Å². The summed E-state index contributed by atoms with van der Waals surface area (Å²) in [6.45, 7) is 5.72. The minimum atomic E-state index is -0.394. The van der Waals surface area contributed by atoms with Crippen LogP contribution in [-0.2, 0) is 9.53 Å². The van der Waals surface area contributed by atoms with Crippen LogP contribution in [0.1, 0.15) is 52.9 Å². The first-order valence-corrected chi connectivity index (χ1v) is 8.28. The van der Waals surface area contributed by atoms with Gasteiger partial charge in [0.15, 0.2) is 0 Å². The molecule has 2 bridgehead atoms. The van der Waals surface area contributed by atoms with Crippen LogP contribution in [0, 0.1) is 29.1 Å². The maximum atomic E-state index is 10.8. The molecule has 3 aliphatic rings. The van der Waals surface area contributed by atoms with Crippen LogP contribution in [0.3, 0.4) is 0 Å². The molecule has 122 valence electrons. The fraction of sp³-hybridized carbons (Fsp3) is 0.941. The summed E-state index contributed by atoms with van der Waals surface area (Å²) >= 11 is 0. The van der Waals surface area contributed by atoms with E-state index in [0.29, 0.717) is 11.8 Å². The zero-order chi connectivity index (χ0) is 15.8. The zero-order valence-corrected chi connectivity index (χ0v) is 13.7. The average molecular weight is 298 g/mol. The number of aliphatic hydroxyl groups excluding tert-OH is 2. The molecule has 3 rings (SSSR count). The number of fused-ring (bicyclic) bond motifs is 5. The minimum Gasteiger partial charge on any atom is -0.469 e. The van der Waals surface area contributed by atoms with Crippen LogP contribution >= 0.6 is 0 Å². The smallest absolute Gasteiger partial charge is 0.311 e. The van der Waals surface area contributed by atoms with Crippen molar-refractivity contribution in [1.29, 1.82) is 0 Å². The van der Waals surface area contributed by atoms with Crippen molar-refractivity contribution in [2.24, 2.45) is 29.1 Å². The second-order valence-corrected chi connectivity index (χ2v) is 7.53. The molecular weight excluding hydrogens is 268 g/mol. The third-order valence-electron chi connectivity index (χ3n) is 6.12. The Labute approximate surface area is 127 Å². The van der Waals surface area contributed by atoms with Crippen molar-refractivity contribution < 1.29 is 19.7 Å². The van der Waals surface area contributed by atoms with Gasteiger partial charge in [0.1, 0.15) is 0 Å². The summed E-state index contributed by atoms with van der Waals surface area (Å²) in [5.74, 6) is 2.27. The highest BCUT2D eigenvalue weighted by atomic mass is 16.5. The van der Waals surface area contributed by atoms with Gasteiger partial charge in [-0.15, -0.1) is 0 Å². The van der Waals surface area contributed by atoms with Gasteiger partial charge in [0.05, 0.1) is 24.7 Å². The van der Waals surface area contributed by atoms with Crippen molar-refractivity contribution in [3.63, 3.8) is 0 Å². The molecule has 4 heteroatoms. The summed E-state index contributed by atoms with van der Waals surface area (Å²) in [6.07, 6.45) is 5.05. The Bertz CT molecular complexity index is 359. The number of hydrogen-bond donors (Lipinski definition) is 2. The van der Waals surface area contributed by atoms with E-state index in [2.05, 4.69) is 4.74 Å². The van der Waals surface area contributed by atoms with Crippen molar-refractivity contribution in [3.8, 4) is 0 Å². The van der Waals surface area contributed by atoms with Crippen molar-refractivity contribution in [2.75, 3.05) is 7.11 Å². The van der Waals surface area contributed by atoms with E-state index in [1.165, 1.54) is 26.4 Å². The van der Waals surface area contributed by atoms with Gasteiger partial charge >= 0.3 is 5.97 Å². The topological polar surface area (TPSA) is 66.8 Å². The van der Waals surface area contributed by atoms with E-state index < -0.39 is 12.2 Å². The largest absolute Gasteiger partial charge is 0.469 e. The molecule has 0 amide bonds. The summed E-state index contributed by atoms with van der Waals surface area (Å²) in [7, 11) is 1.42. The maximum absolute atomic E-state index is 10.8. The number of esters is 1. The number of carbonyl (C=O) groups is 1. The lowest BCUT2D eigenvalue weighted by Gasteiger charge is -2.32. The molecule has 0 aromatic carbocycles. The first-order valence-electron chi connectivity index (χ1n) is 8.28. The molecule has 0 saturated heterocycles. The average Bonchev–Trinajstić information content (AvgIpc) is 3.13. The summed E-state index contributed by atoms with van der Waals surface area (Å²) in [5, 5.41) is 19.4. The van der Waals surface area contributed by atoms with Crippen molar-refractivity contribution in [2.45, 2.75) is 65.1 Å². The summed E-state index contributed by atoms with van der Waals surface area (Å²) < 4.78 is 4.57. The number of rotatable bonds is 2. The number of carbonyl (C=O) groups excluding carboxylic acids is 1. The summed E-state index contributed by atoms with van der Waals surface area (Å²) in [5.41, 5.74) is -0.311. The number of methoxy groups -OCH3 is 1. The Hall–Kier alpha value is -0.610. The molecule has 6 unspecified atom stereocenters. The second-order valence-electron chi connectivity index (χ2n) is 7.53. The molecule has 6 atom stereocenters. The molecule has 0 aliphatic heterocycles. The van der Waals surface area contributed by atoms with Gasteiger partial charge in [-0.25, -0.2) is 0 Å². The monoisotopic (exact) mass is 298 g/mol. The van der Waals surface area contributed by atoms with Crippen LogP contribution in [-0.4, -0.2) is 35.5 Å².